The van der Waals surface area contributed by atoms with Crippen molar-refractivity contribution in [1.29, 1.82) is 0 Å². The Labute approximate surface area is 121 Å². The number of nitrogens with zero attached hydrogens (tertiary/aromatic N) is 3. The average Bonchev–Trinajstić information content (AvgIpc) is 2.72. The molecule has 2 aromatic heterocycles. The fourth-order valence-electron chi connectivity index (χ4n) is 2.16. The highest BCUT2D eigenvalue weighted by Crippen LogP contribution is 2.28. The van der Waals surface area contributed by atoms with Gasteiger partial charge in [0, 0.05) is 11.9 Å². The number of halogens is 1. The second-order valence-corrected chi connectivity index (χ2v) is 5.22. The Bertz CT molecular complexity index is 782. The molecule has 0 bridgehead atoms. The summed E-state index contributed by atoms with van der Waals surface area (Å²) in [5, 5.41) is 18.5. The normalized spacial score (nSPS) is 13.0. The lowest BCUT2D eigenvalue weighted by Gasteiger charge is -2.11. The number of aryl methyl sites for hydroxylation is 1. The molecule has 104 valence electrons. The molecule has 3 rings (SSSR count). The molecule has 0 spiro atoms. The second-order valence-electron chi connectivity index (χ2n) is 4.84. The van der Waals surface area contributed by atoms with E-state index in [2.05, 4.69) is 15.4 Å². The predicted molar refractivity (Wildman–Crippen MR) is 80.4 cm³/mol. The molecule has 6 heteroatoms. The first-order chi connectivity index (χ1) is 9.58. The highest BCUT2D eigenvalue weighted by Gasteiger charge is 2.14. The third-order valence-corrected chi connectivity index (χ3v) is 3.58. The molecule has 5 nitrogen and oxygen atoms in total. The van der Waals surface area contributed by atoms with E-state index in [1.54, 1.807) is 11.4 Å². The minimum absolute atomic E-state index is 0.428. The summed E-state index contributed by atoms with van der Waals surface area (Å²) in [4.78, 5) is 4.54. The fourth-order valence-corrected chi connectivity index (χ4v) is 2.32. The van der Waals surface area contributed by atoms with Crippen LogP contribution in [0.5, 0.6) is 0 Å². The number of anilines is 1. The largest absolute Gasteiger partial charge is 0.392 e. The first-order valence-electron chi connectivity index (χ1n) is 6.43. The van der Waals surface area contributed by atoms with Gasteiger partial charge in [-0.3, -0.25) is 0 Å². The van der Waals surface area contributed by atoms with Gasteiger partial charge < -0.3 is 10.4 Å². The molecule has 1 aromatic carbocycles. The molecular formula is C14H15ClN4O. The van der Waals surface area contributed by atoms with Crippen molar-refractivity contribution >= 4 is 34.0 Å². The van der Waals surface area contributed by atoms with Gasteiger partial charge in [-0.05, 0) is 26.0 Å². The van der Waals surface area contributed by atoms with Crippen LogP contribution in [-0.2, 0) is 0 Å². The Hall–Kier alpha value is -1.85. The quantitative estimate of drug-likeness (QED) is 0.778. The molecule has 0 aliphatic rings. The zero-order valence-electron chi connectivity index (χ0n) is 11.3. The fraction of sp³-hybridized carbons (Fsp3) is 0.286. The maximum Gasteiger partial charge on any atom is 0.176 e. The van der Waals surface area contributed by atoms with Gasteiger partial charge in [0.05, 0.1) is 17.3 Å². The molecule has 2 N–H and O–H groups in total. The third-order valence-electron chi connectivity index (χ3n) is 3.13. The third kappa shape index (κ3) is 2.09. The molecule has 2 heterocycles. The van der Waals surface area contributed by atoms with E-state index in [0.29, 0.717) is 23.0 Å². The molecule has 0 saturated carbocycles. The van der Waals surface area contributed by atoms with E-state index in [1.807, 2.05) is 31.2 Å². The Morgan fingerprint density at radius 3 is 2.90 bits per heavy atom. The zero-order valence-corrected chi connectivity index (χ0v) is 12.0. The van der Waals surface area contributed by atoms with Gasteiger partial charge in [-0.15, -0.1) is 0 Å². The van der Waals surface area contributed by atoms with Crippen molar-refractivity contribution in [3.05, 3.63) is 35.0 Å². The van der Waals surface area contributed by atoms with Gasteiger partial charge in [-0.2, -0.15) is 5.10 Å². The highest BCUT2D eigenvalue weighted by atomic mass is 35.5. The minimum Gasteiger partial charge on any atom is -0.392 e. The number of aliphatic hydroxyl groups is 1. The molecule has 1 atom stereocenters. The predicted octanol–water partition coefficient (Wildman–Crippen LogP) is 2.64. The van der Waals surface area contributed by atoms with Crippen LogP contribution in [0.4, 0.5) is 5.82 Å². The van der Waals surface area contributed by atoms with Gasteiger partial charge in [0.15, 0.2) is 5.65 Å². The zero-order chi connectivity index (χ0) is 14.3. The van der Waals surface area contributed by atoms with Gasteiger partial charge in [0.2, 0.25) is 0 Å². The summed E-state index contributed by atoms with van der Waals surface area (Å²) in [6.45, 7) is 4.01. The first kappa shape index (κ1) is 13.1. The van der Waals surface area contributed by atoms with Crippen molar-refractivity contribution < 1.29 is 5.11 Å². The monoisotopic (exact) mass is 290 g/mol. The summed E-state index contributed by atoms with van der Waals surface area (Å²) < 4.78 is 1.75. The second kappa shape index (κ2) is 4.92. The number of nitrogens with one attached hydrogen (secondary N) is 1. The Morgan fingerprint density at radius 2 is 2.15 bits per heavy atom. The number of benzene rings is 1. The smallest absolute Gasteiger partial charge is 0.176 e. The van der Waals surface area contributed by atoms with Crippen LogP contribution < -0.4 is 5.32 Å². The van der Waals surface area contributed by atoms with Crippen molar-refractivity contribution in [2.45, 2.75) is 20.0 Å². The standard InChI is InChI=1S/C14H15ClN4O/c1-8(20)7-16-13-10-5-3-4-6-11(10)19-14(17-13)12(15)9(2)18-19/h3-6,8,20H,7H2,1-2H3,(H,16,17)/t8-/m0/s1. The number of hydrogen-bond acceptors (Lipinski definition) is 4. The number of aromatic nitrogens is 3. The van der Waals surface area contributed by atoms with Crippen LogP contribution in [0.25, 0.3) is 16.6 Å². The molecule has 20 heavy (non-hydrogen) atoms. The average molecular weight is 291 g/mol. The summed E-state index contributed by atoms with van der Waals surface area (Å²) >= 11 is 6.25. The molecule has 0 fully saturated rings. The maximum absolute atomic E-state index is 9.42. The molecule has 0 unspecified atom stereocenters. The van der Waals surface area contributed by atoms with Gasteiger partial charge >= 0.3 is 0 Å². The van der Waals surface area contributed by atoms with Gasteiger partial charge in [-0.25, -0.2) is 9.50 Å². The topological polar surface area (TPSA) is 62.5 Å². The van der Waals surface area contributed by atoms with Crippen molar-refractivity contribution in [2.24, 2.45) is 0 Å². The van der Waals surface area contributed by atoms with Crippen molar-refractivity contribution in [1.82, 2.24) is 14.6 Å². The number of fused-ring (bicyclic) bond motifs is 3. The van der Waals surface area contributed by atoms with E-state index in [0.717, 1.165) is 16.6 Å². The lowest BCUT2D eigenvalue weighted by atomic mass is 10.2. The SMILES string of the molecule is Cc1nn2c(nc(NC[C@H](C)O)c3ccccc32)c1Cl. The van der Waals surface area contributed by atoms with Crippen LogP contribution in [0.2, 0.25) is 5.02 Å². The van der Waals surface area contributed by atoms with E-state index in [9.17, 15) is 5.11 Å². The molecular weight excluding hydrogens is 276 g/mol. The summed E-state index contributed by atoms with van der Waals surface area (Å²) in [5.74, 6) is 0.704. The van der Waals surface area contributed by atoms with Gasteiger partial charge in [0.25, 0.3) is 0 Å². The minimum atomic E-state index is -0.450. The maximum atomic E-state index is 9.42. The van der Waals surface area contributed by atoms with Crippen molar-refractivity contribution in [2.75, 3.05) is 11.9 Å². The number of hydrogen-bond donors (Lipinski definition) is 2. The van der Waals surface area contributed by atoms with E-state index in [-0.39, 0.29) is 0 Å². The Morgan fingerprint density at radius 1 is 1.40 bits per heavy atom. The summed E-state index contributed by atoms with van der Waals surface area (Å²) in [6.07, 6.45) is -0.450. The van der Waals surface area contributed by atoms with Crippen molar-refractivity contribution in [3.8, 4) is 0 Å². The number of aliphatic hydroxyl groups excluding tert-OH is 1. The van der Waals surface area contributed by atoms with Gasteiger partial charge in [-0.1, -0.05) is 23.7 Å². The summed E-state index contributed by atoms with van der Waals surface area (Å²) in [6, 6.07) is 7.84. The molecule has 0 radical (unpaired) electrons. The van der Waals surface area contributed by atoms with E-state index in [4.69, 9.17) is 11.6 Å². The van der Waals surface area contributed by atoms with Crippen LogP contribution in [-0.4, -0.2) is 32.4 Å². The van der Waals surface area contributed by atoms with Gasteiger partial charge in [0.1, 0.15) is 10.8 Å². The Kier molecular flexibility index (Phi) is 3.23. The van der Waals surface area contributed by atoms with Crippen molar-refractivity contribution in [3.63, 3.8) is 0 Å². The van der Waals surface area contributed by atoms with E-state index >= 15 is 0 Å². The first-order valence-corrected chi connectivity index (χ1v) is 6.81. The van der Waals surface area contributed by atoms with E-state index < -0.39 is 6.10 Å². The van der Waals surface area contributed by atoms with E-state index in [1.165, 1.54) is 0 Å². The molecule has 0 amide bonds. The van der Waals surface area contributed by atoms with Crippen LogP contribution in [0.15, 0.2) is 24.3 Å². The molecule has 0 aliphatic heterocycles. The molecule has 3 aromatic rings. The summed E-state index contributed by atoms with van der Waals surface area (Å²) in [5.41, 5.74) is 2.30. The summed E-state index contributed by atoms with van der Waals surface area (Å²) in [7, 11) is 0. The Balaban J connectivity index is 2.28. The molecule has 0 aliphatic carbocycles. The van der Waals surface area contributed by atoms with Crippen LogP contribution in [0.1, 0.15) is 12.6 Å². The van der Waals surface area contributed by atoms with Crippen LogP contribution >= 0.6 is 11.6 Å². The number of rotatable bonds is 3. The van der Waals surface area contributed by atoms with Crippen LogP contribution in [0.3, 0.4) is 0 Å². The van der Waals surface area contributed by atoms with Crippen LogP contribution in [0, 0.1) is 6.92 Å². The highest BCUT2D eigenvalue weighted by molar-refractivity contribution is 6.34. The lowest BCUT2D eigenvalue weighted by molar-refractivity contribution is 0.208. The molecule has 0 saturated heterocycles. The number of para-hydroxylation sites is 1. The lowest BCUT2D eigenvalue weighted by Crippen LogP contribution is -2.16.